The fraction of sp³-hybridized carbons (Fsp3) is 0.579. The van der Waals surface area contributed by atoms with Crippen LogP contribution in [0.3, 0.4) is 0 Å². The minimum atomic E-state index is -5.08. The van der Waals surface area contributed by atoms with Gasteiger partial charge in [0.15, 0.2) is 0 Å². The Morgan fingerprint density at radius 3 is 2.21 bits per heavy atom. The van der Waals surface area contributed by atoms with Gasteiger partial charge in [0.2, 0.25) is 5.91 Å². The number of nitrogens with zero attached hydrogens (tertiary/aromatic N) is 2. The van der Waals surface area contributed by atoms with E-state index in [0.29, 0.717) is 12.3 Å². The van der Waals surface area contributed by atoms with Crippen LogP contribution in [-0.4, -0.2) is 76.9 Å². The summed E-state index contributed by atoms with van der Waals surface area (Å²) in [7, 11) is 1.97. The number of likely N-dealkylation sites (tertiary alicyclic amines) is 2. The van der Waals surface area contributed by atoms with Crippen molar-refractivity contribution in [3.63, 3.8) is 0 Å². The molecule has 1 aromatic carbocycles. The van der Waals surface area contributed by atoms with E-state index in [1.165, 1.54) is 5.56 Å². The van der Waals surface area contributed by atoms with Crippen LogP contribution in [0.25, 0.3) is 0 Å². The fourth-order valence-electron chi connectivity index (χ4n) is 4.09. The Labute approximate surface area is 161 Å². The number of β-amino-alcohol motifs (C(OH)–C–C–N with tert-alkyl or cyclic N) is 1. The van der Waals surface area contributed by atoms with Crippen LogP contribution in [0, 0.1) is 0 Å². The number of rotatable bonds is 3. The largest absolute Gasteiger partial charge is 0.490 e. The first-order valence-corrected chi connectivity index (χ1v) is 9.07. The quantitative estimate of drug-likeness (QED) is 0.809. The fourth-order valence-corrected chi connectivity index (χ4v) is 4.09. The summed E-state index contributed by atoms with van der Waals surface area (Å²) in [6.45, 7) is 2.87. The molecule has 0 aromatic heterocycles. The van der Waals surface area contributed by atoms with Crippen LogP contribution in [-0.2, 0) is 9.59 Å². The molecule has 28 heavy (non-hydrogen) atoms. The SMILES string of the molecule is CN1C(=O)CC(c2ccccc2)C12CCN(CCO)CC2.O=C(O)C(F)(F)F. The third kappa shape index (κ3) is 4.82. The monoisotopic (exact) mass is 402 g/mol. The molecule has 156 valence electrons. The van der Waals surface area contributed by atoms with Crippen molar-refractivity contribution in [2.24, 2.45) is 0 Å². The van der Waals surface area contributed by atoms with Gasteiger partial charge in [-0.05, 0) is 18.4 Å². The standard InChI is InChI=1S/C17H24N2O2.C2HF3O2/c1-18-16(21)13-15(14-5-3-2-4-6-14)17(18)7-9-19(10-8-17)11-12-20;3-2(4,5)1(6)7/h2-6,15,20H,7-13H2,1H3;(H,6,7). The number of alkyl halides is 3. The van der Waals surface area contributed by atoms with E-state index in [-0.39, 0.29) is 18.1 Å². The van der Waals surface area contributed by atoms with Crippen LogP contribution in [0.15, 0.2) is 30.3 Å². The van der Waals surface area contributed by atoms with Crippen molar-refractivity contribution in [2.75, 3.05) is 33.3 Å². The number of hydrogen-bond acceptors (Lipinski definition) is 4. The zero-order valence-corrected chi connectivity index (χ0v) is 15.7. The van der Waals surface area contributed by atoms with Crippen molar-refractivity contribution in [3.8, 4) is 0 Å². The molecule has 2 heterocycles. The predicted octanol–water partition coefficient (Wildman–Crippen LogP) is 2.09. The van der Waals surface area contributed by atoms with Crippen molar-refractivity contribution in [1.29, 1.82) is 0 Å². The van der Waals surface area contributed by atoms with Crippen LogP contribution in [0.4, 0.5) is 13.2 Å². The Bertz CT molecular complexity index is 674. The highest BCUT2D eigenvalue weighted by atomic mass is 19.4. The molecular formula is C19H25F3N2O4. The van der Waals surface area contributed by atoms with Gasteiger partial charge in [-0.15, -0.1) is 0 Å². The number of amides is 1. The van der Waals surface area contributed by atoms with Crippen molar-refractivity contribution < 1.29 is 33.0 Å². The predicted molar refractivity (Wildman–Crippen MR) is 95.8 cm³/mol. The lowest BCUT2D eigenvalue weighted by Crippen LogP contribution is -2.54. The lowest BCUT2D eigenvalue weighted by molar-refractivity contribution is -0.192. The van der Waals surface area contributed by atoms with Gasteiger partial charge < -0.3 is 20.0 Å². The van der Waals surface area contributed by atoms with Gasteiger partial charge in [0.25, 0.3) is 0 Å². The Balaban J connectivity index is 0.000000345. The van der Waals surface area contributed by atoms with Crippen LogP contribution in [0.1, 0.15) is 30.7 Å². The summed E-state index contributed by atoms with van der Waals surface area (Å²) in [6.07, 6.45) is -2.47. The maximum atomic E-state index is 12.3. The smallest absolute Gasteiger partial charge is 0.475 e. The van der Waals surface area contributed by atoms with Gasteiger partial charge in [-0.3, -0.25) is 4.79 Å². The van der Waals surface area contributed by atoms with Gasteiger partial charge in [-0.25, -0.2) is 4.79 Å². The Morgan fingerprint density at radius 2 is 1.75 bits per heavy atom. The molecule has 0 aliphatic carbocycles. The number of hydrogen-bond donors (Lipinski definition) is 2. The first-order valence-electron chi connectivity index (χ1n) is 9.07. The van der Waals surface area contributed by atoms with Gasteiger partial charge in [0, 0.05) is 39.0 Å². The average molecular weight is 402 g/mol. The number of aliphatic hydroxyl groups is 1. The number of carboxylic acid groups (broad SMARTS) is 1. The minimum absolute atomic E-state index is 0.0373. The topological polar surface area (TPSA) is 81.1 Å². The molecule has 1 unspecified atom stereocenters. The molecule has 2 aliphatic heterocycles. The van der Waals surface area contributed by atoms with Gasteiger partial charge >= 0.3 is 12.1 Å². The molecule has 1 amide bonds. The van der Waals surface area contributed by atoms with E-state index < -0.39 is 12.1 Å². The lowest BCUT2D eigenvalue weighted by Gasteiger charge is -2.46. The van der Waals surface area contributed by atoms with E-state index in [1.807, 2.05) is 18.0 Å². The molecule has 9 heteroatoms. The highest BCUT2D eigenvalue weighted by molar-refractivity contribution is 5.81. The first kappa shape index (κ1) is 22.2. The van der Waals surface area contributed by atoms with Crippen LogP contribution >= 0.6 is 0 Å². The van der Waals surface area contributed by atoms with Crippen LogP contribution in [0.5, 0.6) is 0 Å². The number of aliphatic carboxylic acids is 1. The Hall–Kier alpha value is -2.13. The number of benzene rings is 1. The third-order valence-electron chi connectivity index (χ3n) is 5.65. The van der Waals surface area contributed by atoms with Crippen molar-refractivity contribution >= 4 is 11.9 Å². The summed E-state index contributed by atoms with van der Waals surface area (Å²) in [5, 5.41) is 16.2. The van der Waals surface area contributed by atoms with E-state index in [2.05, 4.69) is 29.2 Å². The highest BCUT2D eigenvalue weighted by Crippen LogP contribution is 2.47. The van der Waals surface area contributed by atoms with Crippen molar-refractivity contribution in [1.82, 2.24) is 9.80 Å². The second-order valence-electron chi connectivity index (χ2n) is 7.09. The van der Waals surface area contributed by atoms with Crippen molar-refractivity contribution in [3.05, 3.63) is 35.9 Å². The molecule has 2 N–H and O–H groups in total. The number of aliphatic hydroxyl groups excluding tert-OH is 1. The molecule has 2 fully saturated rings. The zero-order valence-electron chi connectivity index (χ0n) is 15.7. The number of carbonyl (C=O) groups is 2. The van der Waals surface area contributed by atoms with E-state index in [1.54, 1.807) is 0 Å². The second-order valence-corrected chi connectivity index (χ2v) is 7.09. The highest BCUT2D eigenvalue weighted by Gasteiger charge is 2.52. The molecule has 6 nitrogen and oxygen atoms in total. The molecule has 1 spiro atoms. The molecule has 3 rings (SSSR count). The molecule has 1 atom stereocenters. The number of piperidine rings is 1. The van der Waals surface area contributed by atoms with E-state index in [0.717, 1.165) is 32.5 Å². The molecule has 0 radical (unpaired) electrons. The normalized spacial score (nSPS) is 22.1. The summed E-state index contributed by atoms with van der Waals surface area (Å²) in [5.74, 6) is -2.19. The summed E-state index contributed by atoms with van der Waals surface area (Å²) >= 11 is 0. The Kier molecular flexibility index (Phi) is 7.06. The summed E-state index contributed by atoms with van der Waals surface area (Å²) in [6, 6.07) is 10.5. The zero-order chi connectivity index (χ0) is 20.9. The molecular weight excluding hydrogens is 377 g/mol. The molecule has 0 bridgehead atoms. The molecule has 2 aliphatic rings. The van der Waals surface area contributed by atoms with E-state index >= 15 is 0 Å². The van der Waals surface area contributed by atoms with E-state index in [4.69, 9.17) is 15.0 Å². The number of likely N-dealkylation sites (N-methyl/N-ethyl adjacent to an activating group) is 1. The number of halogens is 3. The summed E-state index contributed by atoms with van der Waals surface area (Å²) in [5.41, 5.74) is 1.25. The first-order chi connectivity index (χ1) is 13.1. The van der Waals surface area contributed by atoms with E-state index in [9.17, 15) is 18.0 Å². The van der Waals surface area contributed by atoms with Crippen LogP contribution < -0.4 is 0 Å². The summed E-state index contributed by atoms with van der Waals surface area (Å²) in [4.78, 5) is 25.5. The molecule has 2 saturated heterocycles. The van der Waals surface area contributed by atoms with Gasteiger partial charge in [0.1, 0.15) is 0 Å². The third-order valence-corrected chi connectivity index (χ3v) is 5.65. The van der Waals surface area contributed by atoms with Crippen molar-refractivity contribution in [2.45, 2.75) is 36.9 Å². The molecule has 0 saturated carbocycles. The lowest BCUT2D eigenvalue weighted by atomic mass is 9.74. The number of carboxylic acids is 1. The second kappa shape index (κ2) is 8.91. The maximum absolute atomic E-state index is 12.3. The van der Waals surface area contributed by atoms with Gasteiger partial charge in [-0.2, -0.15) is 13.2 Å². The molecule has 1 aromatic rings. The summed E-state index contributed by atoms with van der Waals surface area (Å²) < 4.78 is 31.7. The Morgan fingerprint density at radius 1 is 1.21 bits per heavy atom. The number of carbonyl (C=O) groups excluding carboxylic acids is 1. The average Bonchev–Trinajstić information content (AvgIpc) is 2.89. The minimum Gasteiger partial charge on any atom is -0.475 e. The maximum Gasteiger partial charge on any atom is 0.490 e. The van der Waals surface area contributed by atoms with Gasteiger partial charge in [0.05, 0.1) is 12.1 Å². The van der Waals surface area contributed by atoms with Crippen LogP contribution in [0.2, 0.25) is 0 Å². The van der Waals surface area contributed by atoms with Gasteiger partial charge in [-0.1, -0.05) is 30.3 Å².